The number of rotatable bonds is 6. The van der Waals surface area contributed by atoms with E-state index in [1.54, 1.807) is 0 Å². The topological polar surface area (TPSA) is 44.4 Å². The van der Waals surface area contributed by atoms with Gasteiger partial charge in [0.2, 0.25) is 5.91 Å². The molecule has 2 aliphatic heterocycles. The fraction of sp³-hybridized carbons (Fsp3) is 0.929. The first-order valence-electron chi connectivity index (χ1n) is 7.47. The molecule has 0 bridgehead atoms. The van der Waals surface area contributed by atoms with Gasteiger partial charge in [-0.1, -0.05) is 13.3 Å². The maximum Gasteiger partial charge on any atom is 0.234 e. The van der Waals surface area contributed by atoms with Crippen LogP contribution in [0.2, 0.25) is 0 Å². The van der Waals surface area contributed by atoms with Gasteiger partial charge in [-0.15, -0.1) is 0 Å². The third kappa shape index (κ3) is 3.45. The number of amides is 1. The number of fused-ring (bicyclic) bond motifs is 1. The minimum atomic E-state index is 0.146. The van der Waals surface area contributed by atoms with Crippen molar-refractivity contribution in [2.75, 3.05) is 19.6 Å². The first-order chi connectivity index (χ1) is 8.70. The van der Waals surface area contributed by atoms with E-state index in [1.807, 2.05) is 0 Å². The summed E-state index contributed by atoms with van der Waals surface area (Å²) in [6, 6.07) is 1.52. The van der Waals surface area contributed by atoms with Crippen LogP contribution < -0.4 is 10.6 Å². The second-order valence-electron chi connectivity index (χ2n) is 5.78. The van der Waals surface area contributed by atoms with Crippen molar-refractivity contribution in [3.8, 4) is 0 Å². The summed E-state index contributed by atoms with van der Waals surface area (Å²) in [6.07, 6.45) is 6.00. The summed E-state index contributed by atoms with van der Waals surface area (Å²) < 4.78 is 0. The summed E-state index contributed by atoms with van der Waals surface area (Å²) in [7, 11) is 0. The lowest BCUT2D eigenvalue weighted by molar-refractivity contribution is -0.121. The normalized spacial score (nSPS) is 29.2. The van der Waals surface area contributed by atoms with Gasteiger partial charge in [0.05, 0.1) is 6.54 Å². The predicted octanol–water partition coefficient (Wildman–Crippen LogP) is 1.12. The van der Waals surface area contributed by atoms with Gasteiger partial charge in [-0.25, -0.2) is 0 Å². The Morgan fingerprint density at radius 3 is 3.00 bits per heavy atom. The second-order valence-corrected chi connectivity index (χ2v) is 5.78. The highest BCUT2D eigenvalue weighted by Gasteiger charge is 2.36. The van der Waals surface area contributed by atoms with Gasteiger partial charge in [-0.05, 0) is 39.2 Å². The van der Waals surface area contributed by atoms with Crippen LogP contribution in [0, 0.1) is 0 Å². The maximum absolute atomic E-state index is 11.8. The molecule has 0 aromatic rings. The summed E-state index contributed by atoms with van der Waals surface area (Å²) in [5.41, 5.74) is 0. The Kier molecular flexibility index (Phi) is 5.01. The van der Waals surface area contributed by atoms with E-state index in [2.05, 4.69) is 29.4 Å². The molecule has 2 fully saturated rings. The summed E-state index contributed by atoms with van der Waals surface area (Å²) in [5, 5.41) is 6.50. The van der Waals surface area contributed by atoms with Crippen molar-refractivity contribution >= 4 is 5.91 Å². The third-order valence-electron chi connectivity index (χ3n) is 4.26. The Balaban J connectivity index is 1.66. The van der Waals surface area contributed by atoms with Crippen LogP contribution in [0.1, 0.15) is 46.0 Å². The van der Waals surface area contributed by atoms with Crippen LogP contribution in [0.15, 0.2) is 0 Å². The lowest BCUT2D eigenvalue weighted by Gasteiger charge is -2.21. The van der Waals surface area contributed by atoms with Gasteiger partial charge in [0.15, 0.2) is 0 Å². The molecule has 0 saturated carbocycles. The predicted molar refractivity (Wildman–Crippen MR) is 73.5 cm³/mol. The fourth-order valence-electron chi connectivity index (χ4n) is 3.38. The van der Waals surface area contributed by atoms with Crippen LogP contribution >= 0.6 is 0 Å². The SMILES string of the molecule is CCCC(C)NC(=O)CNC1CCN2CCCC12. The Morgan fingerprint density at radius 1 is 1.39 bits per heavy atom. The first-order valence-corrected chi connectivity index (χ1v) is 7.47. The Hall–Kier alpha value is -0.610. The second kappa shape index (κ2) is 6.53. The van der Waals surface area contributed by atoms with Gasteiger partial charge in [0.1, 0.15) is 0 Å². The van der Waals surface area contributed by atoms with Crippen molar-refractivity contribution in [1.29, 1.82) is 0 Å². The van der Waals surface area contributed by atoms with Crippen LogP contribution in [-0.4, -0.2) is 48.6 Å². The quantitative estimate of drug-likeness (QED) is 0.745. The van der Waals surface area contributed by atoms with E-state index in [1.165, 1.54) is 32.4 Å². The summed E-state index contributed by atoms with van der Waals surface area (Å²) in [4.78, 5) is 14.4. The molecule has 0 aliphatic carbocycles. The van der Waals surface area contributed by atoms with Crippen molar-refractivity contribution in [3.63, 3.8) is 0 Å². The zero-order chi connectivity index (χ0) is 13.0. The van der Waals surface area contributed by atoms with Crippen LogP contribution in [0.4, 0.5) is 0 Å². The highest BCUT2D eigenvalue weighted by atomic mass is 16.1. The smallest absolute Gasteiger partial charge is 0.234 e. The zero-order valence-electron chi connectivity index (χ0n) is 11.7. The van der Waals surface area contributed by atoms with Gasteiger partial charge in [0.25, 0.3) is 0 Å². The average molecular weight is 253 g/mol. The molecule has 4 nitrogen and oxygen atoms in total. The van der Waals surface area contributed by atoms with Crippen LogP contribution in [0.3, 0.4) is 0 Å². The van der Waals surface area contributed by atoms with E-state index in [0.29, 0.717) is 24.7 Å². The fourth-order valence-corrected chi connectivity index (χ4v) is 3.38. The molecular weight excluding hydrogens is 226 g/mol. The highest BCUT2D eigenvalue weighted by molar-refractivity contribution is 5.78. The maximum atomic E-state index is 11.8. The van der Waals surface area contributed by atoms with E-state index in [4.69, 9.17) is 0 Å². The summed E-state index contributed by atoms with van der Waals surface area (Å²) >= 11 is 0. The molecule has 2 heterocycles. The van der Waals surface area contributed by atoms with Crippen LogP contribution in [-0.2, 0) is 4.79 Å². The standard InChI is InChI=1S/C14H27N3O/c1-3-5-11(2)16-14(18)10-15-12-7-9-17-8-4-6-13(12)17/h11-13,15H,3-10H2,1-2H3,(H,16,18). The van der Waals surface area contributed by atoms with Gasteiger partial charge in [-0.2, -0.15) is 0 Å². The number of nitrogens with zero attached hydrogens (tertiary/aromatic N) is 1. The largest absolute Gasteiger partial charge is 0.353 e. The number of carbonyl (C=O) groups is 1. The molecule has 2 rings (SSSR count). The van der Waals surface area contributed by atoms with Crippen molar-refractivity contribution in [1.82, 2.24) is 15.5 Å². The summed E-state index contributed by atoms with van der Waals surface area (Å²) in [6.45, 7) is 7.16. The molecule has 0 radical (unpaired) electrons. The van der Waals surface area contributed by atoms with Crippen LogP contribution in [0.5, 0.6) is 0 Å². The van der Waals surface area contributed by atoms with E-state index in [9.17, 15) is 4.79 Å². The van der Waals surface area contributed by atoms with E-state index in [0.717, 1.165) is 12.8 Å². The minimum absolute atomic E-state index is 0.146. The molecule has 2 N–H and O–H groups in total. The highest BCUT2D eigenvalue weighted by Crippen LogP contribution is 2.27. The average Bonchev–Trinajstić information content (AvgIpc) is 2.89. The Morgan fingerprint density at radius 2 is 2.22 bits per heavy atom. The molecule has 1 amide bonds. The number of hydrogen-bond acceptors (Lipinski definition) is 3. The summed E-state index contributed by atoms with van der Waals surface area (Å²) in [5.74, 6) is 0.146. The van der Waals surface area contributed by atoms with E-state index >= 15 is 0 Å². The lowest BCUT2D eigenvalue weighted by atomic mass is 10.1. The van der Waals surface area contributed by atoms with E-state index in [-0.39, 0.29) is 5.91 Å². The molecule has 2 saturated heterocycles. The van der Waals surface area contributed by atoms with Crippen molar-refractivity contribution < 1.29 is 4.79 Å². The van der Waals surface area contributed by atoms with Crippen molar-refractivity contribution in [2.24, 2.45) is 0 Å². The van der Waals surface area contributed by atoms with Gasteiger partial charge < -0.3 is 10.6 Å². The molecular formula is C14H27N3O. The molecule has 3 unspecified atom stereocenters. The molecule has 2 aliphatic rings. The lowest BCUT2D eigenvalue weighted by Crippen LogP contribution is -2.45. The van der Waals surface area contributed by atoms with Gasteiger partial charge in [-0.3, -0.25) is 9.69 Å². The number of carbonyl (C=O) groups excluding carboxylic acids is 1. The first kappa shape index (κ1) is 13.8. The Bertz CT molecular complexity index is 282. The van der Waals surface area contributed by atoms with E-state index < -0.39 is 0 Å². The van der Waals surface area contributed by atoms with Gasteiger partial charge >= 0.3 is 0 Å². The Labute approximate surface area is 110 Å². The molecule has 104 valence electrons. The van der Waals surface area contributed by atoms with Crippen LogP contribution in [0.25, 0.3) is 0 Å². The minimum Gasteiger partial charge on any atom is -0.353 e. The molecule has 0 aromatic heterocycles. The number of nitrogens with one attached hydrogen (secondary N) is 2. The van der Waals surface area contributed by atoms with Crippen molar-refractivity contribution in [3.05, 3.63) is 0 Å². The monoisotopic (exact) mass is 253 g/mol. The molecule has 18 heavy (non-hydrogen) atoms. The van der Waals surface area contributed by atoms with Crippen molar-refractivity contribution in [2.45, 2.75) is 64.1 Å². The molecule has 3 atom stereocenters. The molecule has 0 aromatic carbocycles. The third-order valence-corrected chi connectivity index (χ3v) is 4.26. The number of hydrogen-bond donors (Lipinski definition) is 2. The molecule has 0 spiro atoms. The zero-order valence-corrected chi connectivity index (χ0v) is 11.7. The molecule has 4 heteroatoms. The van der Waals surface area contributed by atoms with Gasteiger partial charge in [0, 0.05) is 24.7 Å².